The summed E-state index contributed by atoms with van der Waals surface area (Å²) in [5, 5.41) is 8.58. The molecule has 0 fully saturated rings. The Labute approximate surface area is 186 Å². The molecule has 166 valence electrons. The van der Waals surface area contributed by atoms with Crippen LogP contribution in [-0.4, -0.2) is 25.5 Å². The van der Waals surface area contributed by atoms with E-state index < -0.39 is 12.0 Å². The van der Waals surface area contributed by atoms with Crippen molar-refractivity contribution >= 4 is 23.0 Å². The highest BCUT2D eigenvalue weighted by atomic mass is 32.1. The molecule has 32 heavy (non-hydrogen) atoms. The van der Waals surface area contributed by atoms with Crippen LogP contribution in [0.15, 0.2) is 47.8 Å². The van der Waals surface area contributed by atoms with Crippen LogP contribution in [-0.2, 0) is 17.4 Å². The first-order valence-corrected chi connectivity index (χ1v) is 10.8. The van der Waals surface area contributed by atoms with E-state index in [4.69, 9.17) is 0 Å². The summed E-state index contributed by atoms with van der Waals surface area (Å²) in [6.45, 7) is 3.35. The van der Waals surface area contributed by atoms with Crippen molar-refractivity contribution in [2.24, 2.45) is 0 Å². The van der Waals surface area contributed by atoms with Gasteiger partial charge in [0.1, 0.15) is 0 Å². The monoisotopic (exact) mass is 459 g/mol. The first-order valence-electron chi connectivity index (χ1n) is 9.92. The Morgan fingerprint density at radius 1 is 1.12 bits per heavy atom. The van der Waals surface area contributed by atoms with Gasteiger partial charge in [-0.2, -0.15) is 18.2 Å². The molecule has 6 nitrogen and oxygen atoms in total. The zero-order valence-electron chi connectivity index (χ0n) is 17.3. The lowest BCUT2D eigenvalue weighted by Crippen LogP contribution is -2.29. The fraction of sp³-hybridized carbons (Fsp3) is 0.273. The number of rotatable bonds is 6. The molecule has 0 unspecified atom stereocenters. The third-order valence-electron chi connectivity index (χ3n) is 5.17. The molecule has 1 amide bonds. The highest BCUT2D eigenvalue weighted by Gasteiger charge is 2.37. The Kier molecular flexibility index (Phi) is 5.96. The number of halogens is 3. The SMILES string of the molecule is Cc1nc2nc(C(F)(F)F)nn2c(C)c1CCC(=O)N[C@@H](c1ccccc1)c1cccs1. The molecule has 0 radical (unpaired) electrons. The minimum atomic E-state index is -4.65. The molecule has 0 saturated heterocycles. The van der Waals surface area contributed by atoms with E-state index in [0.717, 1.165) is 15.0 Å². The van der Waals surface area contributed by atoms with Gasteiger partial charge >= 0.3 is 6.18 Å². The van der Waals surface area contributed by atoms with Crippen LogP contribution in [0.4, 0.5) is 13.2 Å². The van der Waals surface area contributed by atoms with E-state index in [1.165, 1.54) is 0 Å². The van der Waals surface area contributed by atoms with Gasteiger partial charge in [-0.15, -0.1) is 16.4 Å². The van der Waals surface area contributed by atoms with E-state index in [1.54, 1.807) is 25.2 Å². The molecule has 0 aliphatic carbocycles. The maximum atomic E-state index is 13.0. The number of aromatic nitrogens is 4. The van der Waals surface area contributed by atoms with Gasteiger partial charge in [-0.1, -0.05) is 36.4 Å². The van der Waals surface area contributed by atoms with Gasteiger partial charge < -0.3 is 5.32 Å². The molecule has 0 saturated carbocycles. The lowest BCUT2D eigenvalue weighted by molar-refractivity contribution is -0.144. The number of hydrogen-bond acceptors (Lipinski definition) is 5. The summed E-state index contributed by atoms with van der Waals surface area (Å²) >= 11 is 1.56. The molecule has 0 spiro atoms. The van der Waals surface area contributed by atoms with E-state index in [9.17, 15) is 18.0 Å². The fourth-order valence-electron chi connectivity index (χ4n) is 3.58. The molecule has 4 aromatic rings. The molecule has 3 aromatic heterocycles. The van der Waals surface area contributed by atoms with Crippen molar-refractivity contribution in [3.8, 4) is 0 Å². The number of nitrogens with one attached hydrogen (secondary N) is 1. The predicted octanol–water partition coefficient (Wildman–Crippen LogP) is 4.66. The smallest absolute Gasteiger partial charge is 0.344 e. The van der Waals surface area contributed by atoms with Crippen LogP contribution in [0, 0.1) is 13.8 Å². The Bertz CT molecular complexity index is 1240. The van der Waals surface area contributed by atoms with Gasteiger partial charge in [-0.3, -0.25) is 4.79 Å². The Hall–Kier alpha value is -3.27. The molecular formula is C22H20F3N5OS. The van der Waals surface area contributed by atoms with Crippen LogP contribution in [0.25, 0.3) is 5.78 Å². The summed E-state index contributed by atoms with van der Waals surface area (Å²) in [5.41, 5.74) is 2.67. The van der Waals surface area contributed by atoms with Crippen LogP contribution in [0.3, 0.4) is 0 Å². The lowest BCUT2D eigenvalue weighted by Gasteiger charge is -2.18. The topological polar surface area (TPSA) is 72.2 Å². The second-order valence-electron chi connectivity index (χ2n) is 7.33. The second kappa shape index (κ2) is 8.70. The second-order valence-corrected chi connectivity index (χ2v) is 8.31. The first-order chi connectivity index (χ1) is 15.2. The summed E-state index contributed by atoms with van der Waals surface area (Å²) in [6.07, 6.45) is -4.17. The molecule has 1 atom stereocenters. The third kappa shape index (κ3) is 4.50. The number of thiophene rings is 1. The lowest BCUT2D eigenvalue weighted by atomic mass is 10.0. The predicted molar refractivity (Wildman–Crippen MR) is 114 cm³/mol. The van der Waals surface area contributed by atoms with E-state index in [2.05, 4.69) is 20.4 Å². The number of hydrogen-bond donors (Lipinski definition) is 1. The van der Waals surface area contributed by atoms with Crippen molar-refractivity contribution < 1.29 is 18.0 Å². The van der Waals surface area contributed by atoms with Gasteiger partial charge in [0, 0.05) is 22.7 Å². The molecule has 10 heteroatoms. The van der Waals surface area contributed by atoms with Gasteiger partial charge in [0.2, 0.25) is 5.91 Å². The Morgan fingerprint density at radius 3 is 2.53 bits per heavy atom. The van der Waals surface area contributed by atoms with Gasteiger partial charge in [-0.25, -0.2) is 9.50 Å². The quantitative estimate of drug-likeness (QED) is 0.455. The normalized spacial score (nSPS) is 12.8. The van der Waals surface area contributed by atoms with E-state index >= 15 is 0 Å². The molecule has 1 aromatic carbocycles. The van der Waals surface area contributed by atoms with Gasteiger partial charge in [0.25, 0.3) is 11.6 Å². The number of fused-ring (bicyclic) bond motifs is 1. The minimum Gasteiger partial charge on any atom is -0.344 e. The summed E-state index contributed by atoms with van der Waals surface area (Å²) < 4.78 is 40.0. The van der Waals surface area contributed by atoms with Crippen molar-refractivity contribution in [1.29, 1.82) is 0 Å². The molecule has 0 bridgehead atoms. The highest BCUT2D eigenvalue weighted by molar-refractivity contribution is 7.10. The molecule has 1 N–H and O–H groups in total. The number of amides is 1. The van der Waals surface area contributed by atoms with E-state index in [-0.39, 0.29) is 24.1 Å². The van der Waals surface area contributed by atoms with Crippen LogP contribution in [0.2, 0.25) is 0 Å². The number of alkyl halides is 3. The Morgan fingerprint density at radius 2 is 1.88 bits per heavy atom. The van der Waals surface area contributed by atoms with Crippen molar-refractivity contribution in [2.45, 2.75) is 38.9 Å². The van der Waals surface area contributed by atoms with Crippen molar-refractivity contribution in [1.82, 2.24) is 24.9 Å². The summed E-state index contributed by atoms with van der Waals surface area (Å²) in [4.78, 5) is 21.5. The van der Waals surface area contributed by atoms with Crippen molar-refractivity contribution in [3.05, 3.63) is 81.1 Å². The highest BCUT2D eigenvalue weighted by Crippen LogP contribution is 2.28. The molecule has 3 heterocycles. The van der Waals surface area contributed by atoms with E-state index in [1.807, 2.05) is 47.8 Å². The average molecular weight is 459 g/mol. The molecular weight excluding hydrogens is 439 g/mol. The molecule has 0 aliphatic rings. The summed E-state index contributed by atoms with van der Waals surface area (Å²) in [6, 6.07) is 13.3. The molecule has 0 aliphatic heterocycles. The number of carbonyl (C=O) groups is 1. The maximum absolute atomic E-state index is 13.0. The van der Waals surface area contributed by atoms with Crippen LogP contribution in [0.1, 0.15) is 45.7 Å². The zero-order chi connectivity index (χ0) is 22.9. The largest absolute Gasteiger partial charge is 0.453 e. The van der Waals surface area contributed by atoms with Gasteiger partial charge in [0.15, 0.2) is 0 Å². The first kappa shape index (κ1) is 21.9. The number of aryl methyl sites for hydroxylation is 2. The summed E-state index contributed by atoms with van der Waals surface area (Å²) in [7, 11) is 0. The van der Waals surface area contributed by atoms with Crippen molar-refractivity contribution in [2.75, 3.05) is 0 Å². The minimum absolute atomic E-state index is 0.109. The standard InChI is InChI=1S/C22H20F3N5OS/c1-13-16(14(2)30-21(26-13)28-20(29-30)22(23,24)25)10-11-18(31)27-19(17-9-6-12-32-17)15-7-4-3-5-8-15/h3-9,12,19H,10-11H2,1-2H3,(H,27,31)/t19-/m0/s1. The number of carbonyl (C=O) groups excluding carboxylic acids is 1. The average Bonchev–Trinajstić information content (AvgIpc) is 3.42. The third-order valence-corrected chi connectivity index (χ3v) is 6.11. The zero-order valence-corrected chi connectivity index (χ0v) is 18.2. The van der Waals surface area contributed by atoms with Gasteiger partial charge in [-0.05, 0) is 42.8 Å². The van der Waals surface area contributed by atoms with Gasteiger partial charge in [0.05, 0.1) is 6.04 Å². The summed E-state index contributed by atoms with van der Waals surface area (Å²) in [5.74, 6) is -1.51. The maximum Gasteiger partial charge on any atom is 0.453 e. The van der Waals surface area contributed by atoms with E-state index in [0.29, 0.717) is 23.4 Å². The number of benzene rings is 1. The van der Waals surface area contributed by atoms with Crippen LogP contribution >= 0.6 is 11.3 Å². The molecule has 4 rings (SSSR count). The van der Waals surface area contributed by atoms with Crippen LogP contribution in [0.5, 0.6) is 0 Å². The van der Waals surface area contributed by atoms with Crippen molar-refractivity contribution in [3.63, 3.8) is 0 Å². The van der Waals surface area contributed by atoms with Crippen LogP contribution < -0.4 is 5.32 Å². The fourth-order valence-corrected chi connectivity index (χ4v) is 4.38. The number of nitrogens with zero attached hydrogens (tertiary/aromatic N) is 4. The Balaban J connectivity index is 1.53.